The zero-order chi connectivity index (χ0) is 13.5. The van der Waals surface area contributed by atoms with Crippen LogP contribution in [-0.4, -0.2) is 35.7 Å². The van der Waals surface area contributed by atoms with Gasteiger partial charge >= 0.3 is 5.97 Å². The second-order valence-electron chi connectivity index (χ2n) is 4.15. The largest absolute Gasteiger partial charge is 0.480 e. The van der Waals surface area contributed by atoms with E-state index in [0.29, 0.717) is 30.8 Å². The third-order valence-electron chi connectivity index (χ3n) is 2.15. The average Bonchev–Trinajstić information content (AvgIpc) is 2.21. The molecular weight excluding hydrogens is 225 g/mol. The Hall–Kier alpha value is -1.43. The van der Waals surface area contributed by atoms with Gasteiger partial charge in [0.1, 0.15) is 12.2 Å². The van der Waals surface area contributed by atoms with Crippen molar-refractivity contribution in [1.29, 1.82) is 0 Å². The number of carboxylic acids is 1. The summed E-state index contributed by atoms with van der Waals surface area (Å²) in [5.41, 5.74) is 9.69. The maximum atomic E-state index is 12.7. The van der Waals surface area contributed by atoms with E-state index in [1.807, 2.05) is 0 Å². The molecule has 0 aromatic carbocycles. The molecule has 0 aromatic rings. The van der Waals surface area contributed by atoms with Crippen molar-refractivity contribution in [3.63, 3.8) is 0 Å². The smallest absolute Gasteiger partial charge is 0.327 e. The molecule has 5 N–H and O–H groups in total. The summed E-state index contributed by atoms with van der Waals surface area (Å²) in [4.78, 5) is 14.7. The molecule has 0 saturated heterocycles. The third kappa shape index (κ3) is 6.68. The molecule has 0 aromatic heterocycles. The molecule has 0 aliphatic heterocycles. The molecule has 0 rings (SSSR count). The first-order chi connectivity index (χ1) is 7.79. The molecule has 5 nitrogen and oxygen atoms in total. The number of hydrogen-bond donors (Lipinski definition) is 3. The Morgan fingerprint density at radius 3 is 2.59 bits per heavy atom. The van der Waals surface area contributed by atoms with Crippen molar-refractivity contribution in [2.45, 2.75) is 32.2 Å². The van der Waals surface area contributed by atoms with Crippen molar-refractivity contribution in [2.75, 3.05) is 13.2 Å². The fraction of sp³-hybridized carbons (Fsp3) is 0.636. The van der Waals surface area contributed by atoms with E-state index in [9.17, 15) is 9.18 Å². The monoisotopic (exact) mass is 245 g/mol. The van der Waals surface area contributed by atoms with Gasteiger partial charge in [-0.05, 0) is 32.3 Å². The topological polar surface area (TPSA) is 102 Å². The number of amidine groups is 1. The number of hydrogen-bond acceptors (Lipinski definition) is 3. The van der Waals surface area contributed by atoms with Crippen molar-refractivity contribution in [1.82, 2.24) is 0 Å². The van der Waals surface area contributed by atoms with Gasteiger partial charge in [0.25, 0.3) is 0 Å². The number of nitrogens with zero attached hydrogens (tertiary/aromatic N) is 1. The number of halogens is 1. The third-order valence-corrected chi connectivity index (χ3v) is 2.15. The van der Waals surface area contributed by atoms with Crippen LogP contribution in [0.4, 0.5) is 4.39 Å². The van der Waals surface area contributed by atoms with Gasteiger partial charge in [-0.1, -0.05) is 6.08 Å². The van der Waals surface area contributed by atoms with Gasteiger partial charge < -0.3 is 16.6 Å². The van der Waals surface area contributed by atoms with E-state index in [1.165, 1.54) is 13.0 Å². The van der Waals surface area contributed by atoms with E-state index in [-0.39, 0.29) is 0 Å². The molecule has 0 heterocycles. The summed E-state index contributed by atoms with van der Waals surface area (Å²) < 4.78 is 12.7. The number of allylic oxidation sites excluding steroid dienone is 1. The SMILES string of the molecule is CC(N)=NCCC/C(=C/C(C)(N)C(=O)O)CF. The molecule has 0 radical (unpaired) electrons. The van der Waals surface area contributed by atoms with E-state index in [0.717, 1.165) is 0 Å². The lowest BCUT2D eigenvalue weighted by atomic mass is 9.98. The highest BCUT2D eigenvalue weighted by Gasteiger charge is 2.25. The number of aliphatic carboxylic acids is 1. The predicted octanol–water partition coefficient (Wildman–Crippen LogP) is 0.842. The minimum atomic E-state index is -1.53. The highest BCUT2D eigenvalue weighted by molar-refractivity contribution is 5.80. The summed E-state index contributed by atoms with van der Waals surface area (Å²) in [6.45, 7) is 2.79. The molecule has 6 heteroatoms. The van der Waals surface area contributed by atoms with E-state index in [2.05, 4.69) is 4.99 Å². The average molecular weight is 245 g/mol. The Bertz CT molecular complexity index is 321. The molecule has 0 bridgehead atoms. The van der Waals surface area contributed by atoms with E-state index in [1.54, 1.807) is 6.92 Å². The molecule has 0 aliphatic carbocycles. The van der Waals surface area contributed by atoms with Crippen LogP contribution in [0.25, 0.3) is 0 Å². The second kappa shape index (κ2) is 7.01. The molecule has 98 valence electrons. The minimum absolute atomic E-state index is 0.377. The van der Waals surface area contributed by atoms with Gasteiger partial charge in [0.2, 0.25) is 0 Å². The predicted molar refractivity (Wildman–Crippen MR) is 65.7 cm³/mol. The van der Waals surface area contributed by atoms with Crippen LogP contribution in [0.1, 0.15) is 26.7 Å². The number of carboxylic acid groups (broad SMARTS) is 1. The van der Waals surface area contributed by atoms with Crippen molar-refractivity contribution in [3.8, 4) is 0 Å². The lowest BCUT2D eigenvalue weighted by Gasteiger charge is -2.16. The molecular formula is C11H20FN3O2. The van der Waals surface area contributed by atoms with Crippen LogP contribution in [0, 0.1) is 0 Å². The summed E-state index contributed by atoms with van der Waals surface area (Å²) in [7, 11) is 0. The second-order valence-corrected chi connectivity index (χ2v) is 4.15. The molecule has 0 spiro atoms. The van der Waals surface area contributed by atoms with Crippen molar-refractivity contribution >= 4 is 11.8 Å². The lowest BCUT2D eigenvalue weighted by molar-refractivity contribution is -0.140. The molecule has 1 atom stereocenters. The van der Waals surface area contributed by atoms with E-state index >= 15 is 0 Å². The number of nitrogens with two attached hydrogens (primary N) is 2. The van der Waals surface area contributed by atoms with Gasteiger partial charge in [-0.15, -0.1) is 0 Å². The van der Waals surface area contributed by atoms with Crippen molar-refractivity contribution in [2.24, 2.45) is 16.5 Å². The van der Waals surface area contributed by atoms with Crippen molar-refractivity contribution in [3.05, 3.63) is 11.6 Å². The van der Waals surface area contributed by atoms with Gasteiger partial charge in [-0.3, -0.25) is 4.99 Å². The zero-order valence-electron chi connectivity index (χ0n) is 10.2. The maximum absolute atomic E-state index is 12.7. The number of aliphatic imine (C=N–C) groups is 1. The summed E-state index contributed by atoms with van der Waals surface area (Å²) in [6, 6.07) is 0. The molecule has 0 saturated carbocycles. The van der Waals surface area contributed by atoms with Gasteiger partial charge in [-0.25, -0.2) is 9.18 Å². The summed E-state index contributed by atoms with van der Waals surface area (Å²) in [5.74, 6) is -0.704. The Labute approximate surface area is 100 Å². The Balaban J connectivity index is 4.38. The maximum Gasteiger partial charge on any atom is 0.327 e. The normalized spacial score (nSPS) is 16.7. The quantitative estimate of drug-likeness (QED) is 0.268. The van der Waals surface area contributed by atoms with Crippen LogP contribution in [0.5, 0.6) is 0 Å². The Morgan fingerprint density at radius 1 is 1.59 bits per heavy atom. The molecule has 17 heavy (non-hydrogen) atoms. The molecule has 0 fully saturated rings. The molecule has 0 amide bonds. The Kier molecular flexibility index (Phi) is 6.42. The summed E-state index contributed by atoms with van der Waals surface area (Å²) >= 11 is 0. The molecule has 1 unspecified atom stereocenters. The number of rotatable bonds is 7. The van der Waals surface area contributed by atoms with Crippen LogP contribution < -0.4 is 11.5 Å². The number of alkyl halides is 1. The van der Waals surface area contributed by atoms with Crippen LogP contribution in [0.2, 0.25) is 0 Å². The summed E-state index contributed by atoms with van der Waals surface area (Å²) in [6.07, 6.45) is 2.29. The van der Waals surface area contributed by atoms with Crippen molar-refractivity contribution < 1.29 is 14.3 Å². The lowest BCUT2D eigenvalue weighted by Crippen LogP contribution is -2.43. The van der Waals surface area contributed by atoms with Gasteiger partial charge in [-0.2, -0.15) is 0 Å². The minimum Gasteiger partial charge on any atom is -0.480 e. The van der Waals surface area contributed by atoms with Crippen LogP contribution in [0.15, 0.2) is 16.6 Å². The zero-order valence-corrected chi connectivity index (χ0v) is 10.2. The van der Waals surface area contributed by atoms with Gasteiger partial charge in [0, 0.05) is 6.54 Å². The standard InChI is InChI=1S/C11H20FN3O2/c1-8(13)15-5-3-4-9(7-12)6-11(2,14)10(16)17/h6H,3-5,7,14H2,1-2H3,(H2,13,15)(H,16,17)/b9-6-. The first-order valence-corrected chi connectivity index (χ1v) is 5.35. The first kappa shape index (κ1) is 15.6. The Morgan fingerprint density at radius 2 is 2.18 bits per heavy atom. The van der Waals surface area contributed by atoms with E-state index < -0.39 is 18.2 Å². The van der Waals surface area contributed by atoms with Crippen LogP contribution in [-0.2, 0) is 4.79 Å². The highest BCUT2D eigenvalue weighted by atomic mass is 19.1. The van der Waals surface area contributed by atoms with Gasteiger partial charge in [0.05, 0.1) is 5.84 Å². The fourth-order valence-electron chi connectivity index (χ4n) is 1.22. The fourth-order valence-corrected chi connectivity index (χ4v) is 1.22. The first-order valence-electron chi connectivity index (χ1n) is 5.35. The van der Waals surface area contributed by atoms with Gasteiger partial charge in [0.15, 0.2) is 0 Å². The van der Waals surface area contributed by atoms with Crippen LogP contribution in [0.3, 0.4) is 0 Å². The number of carbonyl (C=O) groups is 1. The molecule has 0 aliphatic rings. The highest BCUT2D eigenvalue weighted by Crippen LogP contribution is 2.12. The van der Waals surface area contributed by atoms with Crippen LogP contribution >= 0.6 is 0 Å². The summed E-state index contributed by atoms with van der Waals surface area (Å²) in [5, 5.41) is 8.80. The van der Waals surface area contributed by atoms with E-state index in [4.69, 9.17) is 16.6 Å².